The summed E-state index contributed by atoms with van der Waals surface area (Å²) < 4.78 is 10.7. The van der Waals surface area contributed by atoms with Crippen molar-refractivity contribution in [3.8, 4) is 22.1 Å². The number of amides is 3. The summed E-state index contributed by atoms with van der Waals surface area (Å²) >= 11 is 1.28. The Labute approximate surface area is 203 Å². The van der Waals surface area contributed by atoms with E-state index in [9.17, 15) is 9.59 Å². The van der Waals surface area contributed by atoms with Crippen molar-refractivity contribution in [2.45, 2.75) is 26.7 Å². The van der Waals surface area contributed by atoms with E-state index in [2.05, 4.69) is 20.8 Å². The molecule has 0 saturated carbocycles. The molecule has 3 amide bonds. The highest BCUT2D eigenvalue weighted by atomic mass is 32.1. The summed E-state index contributed by atoms with van der Waals surface area (Å²) in [6, 6.07) is 14.4. The zero-order valence-corrected chi connectivity index (χ0v) is 20.4. The summed E-state index contributed by atoms with van der Waals surface area (Å²) in [6.07, 6.45) is 0.905. The van der Waals surface area contributed by atoms with Gasteiger partial charge in [-0.15, -0.1) is 10.2 Å². The number of carbonyl (C=O) groups is 2. The first-order chi connectivity index (χ1) is 16.5. The van der Waals surface area contributed by atoms with Crippen LogP contribution >= 0.6 is 11.3 Å². The molecule has 0 fully saturated rings. The van der Waals surface area contributed by atoms with Gasteiger partial charge in [0.15, 0.2) is 0 Å². The van der Waals surface area contributed by atoms with Gasteiger partial charge < -0.3 is 25.0 Å². The fourth-order valence-electron chi connectivity index (χ4n) is 3.17. The van der Waals surface area contributed by atoms with Gasteiger partial charge in [-0.3, -0.25) is 4.79 Å². The van der Waals surface area contributed by atoms with Gasteiger partial charge in [0.2, 0.25) is 11.0 Å². The normalized spacial score (nSPS) is 10.4. The Morgan fingerprint density at radius 2 is 1.76 bits per heavy atom. The van der Waals surface area contributed by atoms with Crippen LogP contribution in [0.5, 0.6) is 11.5 Å². The Balaban J connectivity index is 1.55. The quantitative estimate of drug-likeness (QED) is 0.402. The smallest absolute Gasteiger partial charge is 0.321 e. The van der Waals surface area contributed by atoms with Crippen LogP contribution < -0.4 is 20.1 Å². The minimum Gasteiger partial charge on any atom is -0.497 e. The molecule has 34 heavy (non-hydrogen) atoms. The van der Waals surface area contributed by atoms with E-state index in [4.69, 9.17) is 9.47 Å². The predicted molar refractivity (Wildman–Crippen MR) is 134 cm³/mol. The molecule has 0 saturated heterocycles. The highest BCUT2D eigenvalue weighted by Gasteiger charge is 2.17. The lowest BCUT2D eigenvalue weighted by molar-refractivity contribution is -0.116. The Hall–Kier alpha value is -3.66. The number of methoxy groups -OCH3 is 1. The van der Waals surface area contributed by atoms with Crippen LogP contribution in [0.15, 0.2) is 48.5 Å². The molecule has 3 aromatic rings. The third-order valence-electron chi connectivity index (χ3n) is 4.83. The molecule has 10 heteroatoms. The van der Waals surface area contributed by atoms with Crippen molar-refractivity contribution < 1.29 is 19.1 Å². The topological polar surface area (TPSA) is 106 Å². The number of aromatic nitrogens is 2. The van der Waals surface area contributed by atoms with E-state index in [1.54, 1.807) is 24.1 Å². The number of nitrogens with one attached hydrogen (secondary N) is 2. The van der Waals surface area contributed by atoms with Crippen molar-refractivity contribution in [3.05, 3.63) is 48.5 Å². The number of hydrogen-bond acceptors (Lipinski definition) is 7. The van der Waals surface area contributed by atoms with E-state index in [1.807, 2.05) is 50.2 Å². The molecule has 2 aromatic carbocycles. The third kappa shape index (κ3) is 6.92. The van der Waals surface area contributed by atoms with Gasteiger partial charge in [-0.25, -0.2) is 4.79 Å². The Bertz CT molecular complexity index is 1090. The van der Waals surface area contributed by atoms with Crippen molar-refractivity contribution in [2.75, 3.05) is 37.4 Å². The van der Waals surface area contributed by atoms with Gasteiger partial charge in [0.05, 0.1) is 19.4 Å². The maximum atomic E-state index is 12.8. The number of anilines is 2. The molecular formula is C24H29N5O4S. The zero-order chi connectivity index (χ0) is 24.3. The van der Waals surface area contributed by atoms with Crippen molar-refractivity contribution in [1.82, 2.24) is 15.1 Å². The SMILES string of the molecule is CCCN(CCC(=O)Nc1nnc(-c2ccc(OC)cc2)s1)C(=O)Nc1ccccc1OCC. The molecule has 0 radical (unpaired) electrons. The first-order valence-electron chi connectivity index (χ1n) is 11.1. The minimum absolute atomic E-state index is 0.137. The number of hydrogen-bond donors (Lipinski definition) is 2. The highest BCUT2D eigenvalue weighted by Crippen LogP contribution is 2.28. The molecule has 3 rings (SSSR count). The number of ether oxygens (including phenoxy) is 2. The molecule has 2 N–H and O–H groups in total. The highest BCUT2D eigenvalue weighted by molar-refractivity contribution is 7.18. The van der Waals surface area contributed by atoms with Crippen LogP contribution in [-0.4, -0.2) is 53.8 Å². The van der Waals surface area contributed by atoms with Gasteiger partial charge in [-0.2, -0.15) is 0 Å². The second-order valence-electron chi connectivity index (χ2n) is 7.29. The monoisotopic (exact) mass is 483 g/mol. The second kappa shape index (κ2) is 12.5. The van der Waals surface area contributed by atoms with Gasteiger partial charge in [0.1, 0.15) is 16.5 Å². The fourth-order valence-corrected chi connectivity index (χ4v) is 3.94. The largest absolute Gasteiger partial charge is 0.497 e. The number of benzene rings is 2. The first kappa shape index (κ1) is 25.0. The summed E-state index contributed by atoms with van der Waals surface area (Å²) in [5, 5.41) is 15.0. The summed E-state index contributed by atoms with van der Waals surface area (Å²) in [4.78, 5) is 27.0. The van der Waals surface area contributed by atoms with Crippen LogP contribution in [0.25, 0.3) is 10.6 Å². The lowest BCUT2D eigenvalue weighted by Crippen LogP contribution is -2.37. The second-order valence-corrected chi connectivity index (χ2v) is 8.26. The zero-order valence-electron chi connectivity index (χ0n) is 19.5. The molecular weight excluding hydrogens is 454 g/mol. The molecule has 0 bridgehead atoms. The van der Waals surface area contributed by atoms with Crippen molar-refractivity contribution >= 4 is 34.1 Å². The molecule has 1 aromatic heterocycles. The predicted octanol–water partition coefficient (Wildman–Crippen LogP) is 4.89. The lowest BCUT2D eigenvalue weighted by atomic mass is 10.2. The first-order valence-corrected chi connectivity index (χ1v) is 11.9. The maximum Gasteiger partial charge on any atom is 0.321 e. The Morgan fingerprint density at radius 1 is 1.00 bits per heavy atom. The van der Waals surface area contributed by atoms with Gasteiger partial charge in [-0.05, 0) is 49.7 Å². The molecule has 9 nitrogen and oxygen atoms in total. The van der Waals surface area contributed by atoms with Crippen LogP contribution in [0.3, 0.4) is 0 Å². The molecule has 1 heterocycles. The number of urea groups is 1. The third-order valence-corrected chi connectivity index (χ3v) is 5.71. The van der Waals surface area contributed by atoms with E-state index < -0.39 is 0 Å². The van der Waals surface area contributed by atoms with Crippen molar-refractivity contribution in [2.24, 2.45) is 0 Å². The van der Waals surface area contributed by atoms with E-state index in [-0.39, 0.29) is 24.9 Å². The number of nitrogens with zero attached hydrogens (tertiary/aromatic N) is 3. The number of carbonyl (C=O) groups excluding carboxylic acids is 2. The molecule has 0 aliphatic rings. The average molecular weight is 484 g/mol. The van der Waals surface area contributed by atoms with E-state index in [0.29, 0.717) is 34.7 Å². The van der Waals surface area contributed by atoms with Crippen molar-refractivity contribution in [3.63, 3.8) is 0 Å². The number of para-hydroxylation sites is 2. The molecule has 0 atom stereocenters. The van der Waals surface area contributed by atoms with E-state index >= 15 is 0 Å². The van der Waals surface area contributed by atoms with Gasteiger partial charge >= 0.3 is 6.03 Å². The van der Waals surface area contributed by atoms with E-state index in [1.165, 1.54) is 11.3 Å². The standard InChI is InChI=1S/C24H29N5O4S/c1-4-15-29(24(31)25-19-8-6-7-9-20(19)33-5-2)16-14-21(30)26-23-28-27-22(34-23)17-10-12-18(32-3)13-11-17/h6-13H,4-5,14-16H2,1-3H3,(H,25,31)(H,26,28,30). The van der Waals surface area contributed by atoms with Crippen LogP contribution in [0, 0.1) is 0 Å². The summed E-state index contributed by atoms with van der Waals surface area (Å²) in [6.45, 7) is 5.16. The van der Waals surface area contributed by atoms with Crippen LogP contribution in [0.2, 0.25) is 0 Å². The summed E-state index contributed by atoms with van der Waals surface area (Å²) in [5.41, 5.74) is 1.48. The maximum absolute atomic E-state index is 12.8. The summed E-state index contributed by atoms with van der Waals surface area (Å²) in [7, 11) is 1.61. The van der Waals surface area contributed by atoms with Gasteiger partial charge in [0.25, 0.3) is 0 Å². The molecule has 0 aliphatic carbocycles. The Morgan fingerprint density at radius 3 is 2.47 bits per heavy atom. The van der Waals surface area contributed by atoms with Crippen LogP contribution in [-0.2, 0) is 4.79 Å². The minimum atomic E-state index is -0.278. The van der Waals surface area contributed by atoms with Crippen LogP contribution in [0.1, 0.15) is 26.7 Å². The lowest BCUT2D eigenvalue weighted by Gasteiger charge is -2.23. The molecule has 0 unspecified atom stereocenters. The van der Waals surface area contributed by atoms with Crippen LogP contribution in [0.4, 0.5) is 15.6 Å². The van der Waals surface area contributed by atoms with Gasteiger partial charge in [-0.1, -0.05) is 30.4 Å². The fraction of sp³-hybridized carbons (Fsp3) is 0.333. The number of rotatable bonds is 11. The van der Waals surface area contributed by atoms with Crippen molar-refractivity contribution in [1.29, 1.82) is 0 Å². The Kier molecular flexibility index (Phi) is 9.21. The van der Waals surface area contributed by atoms with E-state index in [0.717, 1.165) is 17.7 Å². The average Bonchev–Trinajstić information content (AvgIpc) is 3.31. The molecule has 0 spiro atoms. The van der Waals surface area contributed by atoms with Gasteiger partial charge in [0, 0.05) is 25.1 Å². The molecule has 180 valence electrons. The summed E-state index contributed by atoms with van der Waals surface area (Å²) in [5.74, 6) is 1.13. The molecule has 0 aliphatic heterocycles.